The second-order valence-electron chi connectivity index (χ2n) is 4.56. The van der Waals surface area contributed by atoms with E-state index in [9.17, 15) is 9.90 Å². The highest BCUT2D eigenvalue weighted by molar-refractivity contribution is 9.10. The van der Waals surface area contributed by atoms with Crippen LogP contribution in [0.25, 0.3) is 0 Å². The molecule has 0 amide bonds. The number of aromatic amines is 1. The van der Waals surface area contributed by atoms with E-state index in [0.29, 0.717) is 42.9 Å². The molecule has 1 fully saturated rings. The van der Waals surface area contributed by atoms with Gasteiger partial charge in [0.15, 0.2) is 0 Å². The van der Waals surface area contributed by atoms with E-state index < -0.39 is 5.60 Å². The maximum absolute atomic E-state index is 11.5. The van der Waals surface area contributed by atoms with Gasteiger partial charge in [-0.1, -0.05) is 0 Å². The van der Waals surface area contributed by atoms with Gasteiger partial charge in [0.1, 0.15) is 10.3 Å². The molecule has 0 unspecified atom stereocenters. The van der Waals surface area contributed by atoms with Crippen LogP contribution < -0.4 is 10.5 Å². The summed E-state index contributed by atoms with van der Waals surface area (Å²) in [5.41, 5.74) is -1.01. The van der Waals surface area contributed by atoms with Crippen LogP contribution in [0.4, 0.5) is 5.82 Å². The number of aromatic nitrogens is 2. The Morgan fingerprint density at radius 1 is 1.61 bits per heavy atom. The van der Waals surface area contributed by atoms with Crippen LogP contribution in [0, 0.1) is 0 Å². The standard InChI is InChI=1S/C11H16BrN3O3/c1-15(6-11(17)2-4-18-5-3-11)9-8(12)10(16)14-7-13-9/h7,17H,2-6H2,1H3,(H,13,14,16). The average molecular weight is 318 g/mol. The molecule has 0 atom stereocenters. The van der Waals surface area contributed by atoms with E-state index in [2.05, 4.69) is 25.9 Å². The number of H-pyrrole nitrogens is 1. The second-order valence-corrected chi connectivity index (χ2v) is 5.36. The molecule has 100 valence electrons. The lowest BCUT2D eigenvalue weighted by molar-refractivity contribution is -0.0573. The van der Waals surface area contributed by atoms with E-state index in [1.807, 2.05) is 0 Å². The molecule has 0 saturated carbocycles. The lowest BCUT2D eigenvalue weighted by Gasteiger charge is -2.35. The van der Waals surface area contributed by atoms with Gasteiger partial charge in [-0.05, 0) is 15.9 Å². The second kappa shape index (κ2) is 5.38. The molecule has 2 heterocycles. The summed E-state index contributed by atoms with van der Waals surface area (Å²) in [6, 6.07) is 0. The van der Waals surface area contributed by atoms with Gasteiger partial charge in [-0.3, -0.25) is 4.79 Å². The van der Waals surface area contributed by atoms with E-state index in [4.69, 9.17) is 4.74 Å². The van der Waals surface area contributed by atoms with Gasteiger partial charge in [0.05, 0.1) is 11.9 Å². The van der Waals surface area contributed by atoms with Gasteiger partial charge in [-0.15, -0.1) is 0 Å². The Morgan fingerprint density at radius 3 is 2.94 bits per heavy atom. The zero-order valence-electron chi connectivity index (χ0n) is 10.1. The van der Waals surface area contributed by atoms with E-state index in [1.165, 1.54) is 6.33 Å². The Kier molecular flexibility index (Phi) is 4.04. The maximum atomic E-state index is 11.5. The predicted octanol–water partition coefficient (Wildman–Crippen LogP) is 0.510. The van der Waals surface area contributed by atoms with Gasteiger partial charge in [0.25, 0.3) is 5.56 Å². The van der Waals surface area contributed by atoms with E-state index >= 15 is 0 Å². The van der Waals surface area contributed by atoms with Crippen LogP contribution in [-0.2, 0) is 4.74 Å². The minimum atomic E-state index is -0.781. The molecule has 0 spiro atoms. The van der Waals surface area contributed by atoms with Crippen LogP contribution in [0.3, 0.4) is 0 Å². The van der Waals surface area contributed by atoms with Crippen LogP contribution in [0.2, 0.25) is 0 Å². The molecule has 0 aliphatic carbocycles. The lowest BCUT2D eigenvalue weighted by atomic mass is 9.94. The highest BCUT2D eigenvalue weighted by atomic mass is 79.9. The minimum Gasteiger partial charge on any atom is -0.388 e. The minimum absolute atomic E-state index is 0.231. The predicted molar refractivity (Wildman–Crippen MR) is 70.8 cm³/mol. The van der Waals surface area contributed by atoms with Crippen molar-refractivity contribution in [2.24, 2.45) is 0 Å². The third-order valence-corrected chi connectivity index (χ3v) is 3.81. The van der Waals surface area contributed by atoms with Crippen molar-refractivity contribution in [2.75, 3.05) is 31.7 Å². The fraction of sp³-hybridized carbons (Fsp3) is 0.636. The summed E-state index contributed by atoms with van der Waals surface area (Å²) >= 11 is 3.21. The topological polar surface area (TPSA) is 78.5 Å². The molecule has 0 radical (unpaired) electrons. The fourth-order valence-corrected chi connectivity index (χ4v) is 2.59. The SMILES string of the molecule is CN(CC1(O)CCOCC1)c1nc[nH]c(=O)c1Br. The molecule has 6 nitrogen and oxygen atoms in total. The van der Waals surface area contributed by atoms with Gasteiger partial charge in [-0.25, -0.2) is 4.98 Å². The summed E-state index contributed by atoms with van der Waals surface area (Å²) in [5.74, 6) is 0.527. The van der Waals surface area contributed by atoms with Crippen LogP contribution in [0.15, 0.2) is 15.6 Å². The molecule has 18 heavy (non-hydrogen) atoms. The van der Waals surface area contributed by atoms with E-state index in [1.54, 1.807) is 11.9 Å². The van der Waals surface area contributed by atoms with E-state index in [-0.39, 0.29) is 5.56 Å². The highest BCUT2D eigenvalue weighted by Crippen LogP contribution is 2.25. The Balaban J connectivity index is 2.14. The molecule has 1 saturated heterocycles. The van der Waals surface area contributed by atoms with Gasteiger partial charge in [0, 0.05) is 39.6 Å². The van der Waals surface area contributed by atoms with Crippen molar-refractivity contribution in [1.29, 1.82) is 0 Å². The summed E-state index contributed by atoms with van der Waals surface area (Å²) in [4.78, 5) is 19.8. The third kappa shape index (κ3) is 2.90. The van der Waals surface area contributed by atoms with Gasteiger partial charge in [0.2, 0.25) is 0 Å². The number of aliphatic hydroxyl groups is 1. The van der Waals surface area contributed by atoms with Crippen LogP contribution in [-0.4, -0.2) is 47.5 Å². The third-order valence-electron chi connectivity index (χ3n) is 3.09. The van der Waals surface area contributed by atoms with E-state index in [0.717, 1.165) is 0 Å². The largest absolute Gasteiger partial charge is 0.388 e. The molecule has 7 heteroatoms. The summed E-state index contributed by atoms with van der Waals surface area (Å²) in [6.45, 7) is 1.55. The zero-order chi connectivity index (χ0) is 13.2. The Labute approximate surface area is 113 Å². The summed E-state index contributed by atoms with van der Waals surface area (Å²) in [7, 11) is 1.81. The van der Waals surface area contributed by atoms with Crippen LogP contribution in [0.1, 0.15) is 12.8 Å². The number of hydrogen-bond acceptors (Lipinski definition) is 5. The highest BCUT2D eigenvalue weighted by Gasteiger charge is 2.32. The van der Waals surface area contributed by atoms with Crippen LogP contribution >= 0.6 is 15.9 Å². The number of likely N-dealkylation sites (N-methyl/N-ethyl adjacent to an activating group) is 1. The monoisotopic (exact) mass is 317 g/mol. The Hall–Kier alpha value is -0.920. The number of hydrogen-bond donors (Lipinski definition) is 2. The van der Waals surface area contributed by atoms with Crippen molar-refractivity contribution in [3.05, 3.63) is 21.2 Å². The van der Waals surface area contributed by atoms with Gasteiger partial charge < -0.3 is 19.7 Å². The molecule has 1 aliphatic rings. The number of rotatable bonds is 3. The molecule has 1 aromatic rings. The normalized spacial score (nSPS) is 18.6. The number of ether oxygens (including phenoxy) is 1. The van der Waals surface area contributed by atoms with Crippen molar-refractivity contribution in [2.45, 2.75) is 18.4 Å². The first-order valence-electron chi connectivity index (χ1n) is 5.76. The van der Waals surface area contributed by atoms with Crippen molar-refractivity contribution in [1.82, 2.24) is 9.97 Å². The van der Waals surface area contributed by atoms with Crippen molar-refractivity contribution >= 4 is 21.7 Å². The first kappa shape index (κ1) is 13.5. The quantitative estimate of drug-likeness (QED) is 0.849. The molecule has 2 N–H and O–H groups in total. The lowest BCUT2D eigenvalue weighted by Crippen LogP contribution is -2.46. The van der Waals surface area contributed by atoms with Crippen molar-refractivity contribution < 1.29 is 9.84 Å². The van der Waals surface area contributed by atoms with Gasteiger partial charge in [-0.2, -0.15) is 0 Å². The number of nitrogens with zero attached hydrogens (tertiary/aromatic N) is 2. The molecular formula is C11H16BrN3O3. The molecule has 0 aromatic carbocycles. The first-order chi connectivity index (χ1) is 8.52. The summed E-state index contributed by atoms with van der Waals surface area (Å²) in [6.07, 6.45) is 2.54. The van der Waals surface area contributed by atoms with Gasteiger partial charge >= 0.3 is 0 Å². The Morgan fingerprint density at radius 2 is 2.28 bits per heavy atom. The van der Waals surface area contributed by atoms with Crippen molar-refractivity contribution in [3.8, 4) is 0 Å². The molecular weight excluding hydrogens is 302 g/mol. The number of halogens is 1. The first-order valence-corrected chi connectivity index (χ1v) is 6.56. The maximum Gasteiger partial charge on any atom is 0.267 e. The molecule has 1 aromatic heterocycles. The summed E-state index contributed by atoms with van der Waals surface area (Å²) < 4.78 is 5.61. The zero-order valence-corrected chi connectivity index (χ0v) is 11.7. The van der Waals surface area contributed by atoms with Crippen molar-refractivity contribution in [3.63, 3.8) is 0 Å². The van der Waals surface area contributed by atoms with Crippen LogP contribution in [0.5, 0.6) is 0 Å². The molecule has 2 rings (SSSR count). The average Bonchev–Trinajstić information content (AvgIpc) is 2.33. The smallest absolute Gasteiger partial charge is 0.267 e. The summed E-state index contributed by atoms with van der Waals surface area (Å²) in [5, 5.41) is 10.4. The Bertz CT molecular complexity index is 471. The molecule has 0 bridgehead atoms. The number of nitrogens with one attached hydrogen (secondary N) is 1. The fourth-order valence-electron chi connectivity index (χ4n) is 2.07. The molecule has 1 aliphatic heterocycles. The number of anilines is 1.